The van der Waals surface area contributed by atoms with Crippen LogP contribution in [0.3, 0.4) is 0 Å². The zero-order valence-electron chi connectivity index (χ0n) is 12.6. The molecule has 2 N–H and O–H groups in total. The van der Waals surface area contributed by atoms with Gasteiger partial charge >= 0.3 is 0 Å². The van der Waals surface area contributed by atoms with Gasteiger partial charge in [0.25, 0.3) is 0 Å². The minimum Gasteiger partial charge on any atom is -0.474 e. The van der Waals surface area contributed by atoms with E-state index < -0.39 is 0 Å². The zero-order chi connectivity index (χ0) is 14.8. The molecule has 0 saturated heterocycles. The molecule has 1 rings (SSSR count). The van der Waals surface area contributed by atoms with Crippen LogP contribution in [0.15, 0.2) is 0 Å². The lowest BCUT2D eigenvalue weighted by molar-refractivity contribution is 0.0533. The van der Waals surface area contributed by atoms with Gasteiger partial charge in [-0.2, -0.15) is 5.10 Å². The first kappa shape index (κ1) is 16.8. The average molecular weight is 283 g/mol. The molecule has 0 atom stereocenters. The Balaban J connectivity index is 2.61. The Morgan fingerprint density at radius 2 is 1.70 bits per heavy atom. The van der Waals surface area contributed by atoms with Crippen molar-refractivity contribution < 1.29 is 14.2 Å². The molecule has 0 aliphatic rings. The lowest BCUT2D eigenvalue weighted by Gasteiger charge is -2.14. The summed E-state index contributed by atoms with van der Waals surface area (Å²) in [5.74, 6) is 0.525. The van der Waals surface area contributed by atoms with Crippen molar-refractivity contribution in [3.05, 3.63) is 16.8 Å². The summed E-state index contributed by atoms with van der Waals surface area (Å²) >= 11 is 0. The number of nitrogens with zero attached hydrogens (tertiary/aromatic N) is 2. The van der Waals surface area contributed by atoms with E-state index in [-0.39, 0.29) is 0 Å². The fraction of sp³-hybridized carbons (Fsp3) is 0.714. The maximum absolute atomic E-state index is 5.83. The van der Waals surface area contributed by atoms with Gasteiger partial charge < -0.3 is 19.9 Å². The number of rotatable bonds is 10. The van der Waals surface area contributed by atoms with E-state index in [0.717, 1.165) is 29.7 Å². The monoisotopic (exact) mass is 283 g/mol. The van der Waals surface area contributed by atoms with Gasteiger partial charge in [0.05, 0.1) is 25.5 Å². The molecule has 0 aliphatic heterocycles. The third-order valence-corrected chi connectivity index (χ3v) is 3.02. The second-order valence-corrected chi connectivity index (χ2v) is 4.27. The predicted molar refractivity (Wildman–Crippen MR) is 76.9 cm³/mol. The average Bonchev–Trinajstić information content (AvgIpc) is 2.49. The van der Waals surface area contributed by atoms with E-state index in [0.29, 0.717) is 38.9 Å². The molecule has 114 valence electrons. The summed E-state index contributed by atoms with van der Waals surface area (Å²) in [6, 6.07) is 0. The Morgan fingerprint density at radius 3 is 2.30 bits per heavy atom. The van der Waals surface area contributed by atoms with Crippen molar-refractivity contribution in [1.82, 2.24) is 10.2 Å². The van der Waals surface area contributed by atoms with Gasteiger partial charge in [-0.05, 0) is 18.4 Å². The highest BCUT2D eigenvalue weighted by Crippen LogP contribution is 2.22. The summed E-state index contributed by atoms with van der Waals surface area (Å²) in [6.45, 7) is 6.63. The first-order valence-corrected chi connectivity index (χ1v) is 7.05. The molecular weight excluding hydrogens is 258 g/mol. The number of hydrogen-bond donors (Lipinski definition) is 1. The molecule has 1 heterocycles. The third-order valence-electron chi connectivity index (χ3n) is 3.02. The van der Waals surface area contributed by atoms with Gasteiger partial charge in [0.15, 0.2) is 0 Å². The van der Waals surface area contributed by atoms with E-state index in [2.05, 4.69) is 24.0 Å². The largest absolute Gasteiger partial charge is 0.474 e. The number of ether oxygens (including phenoxy) is 3. The smallest absolute Gasteiger partial charge is 0.238 e. The first-order chi connectivity index (χ1) is 9.78. The summed E-state index contributed by atoms with van der Waals surface area (Å²) in [7, 11) is 1.64. The molecule has 1 aromatic heterocycles. The lowest BCUT2D eigenvalue weighted by Crippen LogP contribution is -2.15. The minimum absolute atomic E-state index is 0.408. The second-order valence-electron chi connectivity index (χ2n) is 4.27. The van der Waals surface area contributed by atoms with Crippen LogP contribution in [-0.2, 0) is 28.9 Å². The fourth-order valence-electron chi connectivity index (χ4n) is 2.00. The molecule has 0 spiro atoms. The summed E-state index contributed by atoms with van der Waals surface area (Å²) in [5.41, 5.74) is 8.93. The van der Waals surface area contributed by atoms with Crippen LogP contribution >= 0.6 is 0 Å². The maximum atomic E-state index is 5.83. The van der Waals surface area contributed by atoms with Crippen molar-refractivity contribution in [3.63, 3.8) is 0 Å². The zero-order valence-corrected chi connectivity index (χ0v) is 12.6. The van der Waals surface area contributed by atoms with Gasteiger partial charge in [-0.3, -0.25) is 0 Å². The third kappa shape index (κ3) is 4.70. The highest BCUT2D eigenvalue weighted by molar-refractivity contribution is 5.36. The number of hydrogen-bond acceptors (Lipinski definition) is 6. The molecule has 6 nitrogen and oxygen atoms in total. The Labute approximate surface area is 120 Å². The van der Waals surface area contributed by atoms with Gasteiger partial charge in [-0.15, -0.1) is 5.10 Å². The van der Waals surface area contributed by atoms with Gasteiger partial charge in [-0.1, -0.05) is 13.8 Å². The quantitative estimate of drug-likeness (QED) is 0.648. The van der Waals surface area contributed by atoms with Crippen molar-refractivity contribution in [2.24, 2.45) is 5.73 Å². The van der Waals surface area contributed by atoms with Crippen molar-refractivity contribution in [3.8, 4) is 5.88 Å². The van der Waals surface area contributed by atoms with Crippen LogP contribution in [-0.4, -0.2) is 43.7 Å². The van der Waals surface area contributed by atoms with Crippen molar-refractivity contribution in [1.29, 1.82) is 0 Å². The molecule has 0 aliphatic carbocycles. The van der Waals surface area contributed by atoms with E-state index in [1.165, 1.54) is 0 Å². The molecule has 0 aromatic carbocycles. The standard InChI is InChI=1S/C14H25N3O3/c1-4-11-12(10-15)14(17-16-13(11)5-2)20-9-8-19-7-6-18-3/h4-10,15H2,1-3H3. The van der Waals surface area contributed by atoms with Crippen molar-refractivity contribution >= 4 is 0 Å². The van der Waals surface area contributed by atoms with Gasteiger partial charge in [0.2, 0.25) is 5.88 Å². The van der Waals surface area contributed by atoms with E-state index in [4.69, 9.17) is 19.9 Å². The van der Waals surface area contributed by atoms with Gasteiger partial charge in [0.1, 0.15) is 6.61 Å². The predicted octanol–water partition coefficient (Wildman–Crippen LogP) is 1.10. The summed E-state index contributed by atoms with van der Waals surface area (Å²) in [5, 5.41) is 8.34. The number of methoxy groups -OCH3 is 1. The Morgan fingerprint density at radius 1 is 0.950 bits per heavy atom. The molecule has 0 radical (unpaired) electrons. The van der Waals surface area contributed by atoms with Crippen LogP contribution in [0.5, 0.6) is 5.88 Å². The van der Waals surface area contributed by atoms with Crippen LogP contribution in [0.25, 0.3) is 0 Å². The Hall–Kier alpha value is -1.24. The van der Waals surface area contributed by atoms with Crippen LogP contribution in [0.1, 0.15) is 30.7 Å². The van der Waals surface area contributed by atoms with E-state index in [1.54, 1.807) is 7.11 Å². The van der Waals surface area contributed by atoms with Crippen LogP contribution in [0.4, 0.5) is 0 Å². The van der Waals surface area contributed by atoms with Gasteiger partial charge in [0, 0.05) is 19.2 Å². The van der Waals surface area contributed by atoms with E-state index >= 15 is 0 Å². The fourth-order valence-corrected chi connectivity index (χ4v) is 2.00. The molecular formula is C14H25N3O3. The van der Waals surface area contributed by atoms with Crippen LogP contribution in [0.2, 0.25) is 0 Å². The minimum atomic E-state index is 0.408. The molecule has 0 unspecified atom stereocenters. The second kappa shape index (κ2) is 9.63. The number of aromatic nitrogens is 2. The molecule has 1 aromatic rings. The topological polar surface area (TPSA) is 79.5 Å². The summed E-state index contributed by atoms with van der Waals surface area (Å²) in [6.07, 6.45) is 1.73. The first-order valence-electron chi connectivity index (χ1n) is 7.05. The molecule has 0 fully saturated rings. The van der Waals surface area contributed by atoms with E-state index in [1.807, 2.05) is 0 Å². The van der Waals surface area contributed by atoms with E-state index in [9.17, 15) is 0 Å². The molecule has 0 saturated carbocycles. The Bertz CT molecular complexity index is 399. The number of nitrogens with two attached hydrogens (primary N) is 1. The lowest BCUT2D eigenvalue weighted by atomic mass is 10.0. The Kier molecular flexibility index (Phi) is 8.10. The highest BCUT2D eigenvalue weighted by atomic mass is 16.5. The molecule has 20 heavy (non-hydrogen) atoms. The summed E-state index contributed by atoms with van der Waals surface area (Å²) in [4.78, 5) is 0. The van der Waals surface area contributed by atoms with Crippen LogP contribution in [0, 0.1) is 0 Å². The SMILES string of the molecule is CCc1nnc(OCCOCCOC)c(CN)c1CC. The molecule has 0 amide bonds. The van der Waals surface area contributed by atoms with Gasteiger partial charge in [-0.25, -0.2) is 0 Å². The normalized spacial score (nSPS) is 10.8. The van der Waals surface area contributed by atoms with Crippen molar-refractivity contribution in [2.75, 3.05) is 33.5 Å². The highest BCUT2D eigenvalue weighted by Gasteiger charge is 2.14. The molecule has 0 bridgehead atoms. The summed E-state index contributed by atoms with van der Waals surface area (Å²) < 4.78 is 15.9. The van der Waals surface area contributed by atoms with Crippen molar-refractivity contribution in [2.45, 2.75) is 33.2 Å². The molecule has 6 heteroatoms. The number of aryl methyl sites for hydroxylation is 1. The maximum Gasteiger partial charge on any atom is 0.238 e. The van der Waals surface area contributed by atoms with Crippen LogP contribution < -0.4 is 10.5 Å².